The predicted octanol–water partition coefficient (Wildman–Crippen LogP) is 2.80. The van der Waals surface area contributed by atoms with Gasteiger partial charge in [-0.05, 0) is 37.5 Å². The summed E-state index contributed by atoms with van der Waals surface area (Å²) >= 11 is 0. The number of nitrogens with zero attached hydrogens (tertiary/aromatic N) is 3. The third kappa shape index (κ3) is 4.81. The molecule has 0 spiro atoms. The van der Waals surface area contributed by atoms with Crippen LogP contribution < -0.4 is 10.6 Å². The van der Waals surface area contributed by atoms with Crippen LogP contribution in [0.1, 0.15) is 37.9 Å². The summed E-state index contributed by atoms with van der Waals surface area (Å²) in [6.07, 6.45) is 4.40. The minimum atomic E-state index is -0.927. The van der Waals surface area contributed by atoms with Gasteiger partial charge in [-0.1, -0.05) is 6.42 Å². The number of carbonyl (C=O) groups excluding carboxylic acids is 1. The van der Waals surface area contributed by atoms with Gasteiger partial charge >= 0.3 is 12.0 Å². The van der Waals surface area contributed by atoms with Gasteiger partial charge in [0.2, 0.25) is 0 Å². The average molecular weight is 375 g/mol. The zero-order valence-electron chi connectivity index (χ0n) is 14.9. The number of anilines is 1. The SMILES string of the molecule is O=C(O)CCCNC(=O)Nc1cc(-c2nnc3n2CCCCC3)ccc1F. The van der Waals surface area contributed by atoms with Crippen LogP contribution in [0.3, 0.4) is 0 Å². The van der Waals surface area contributed by atoms with Crippen LogP contribution in [0.25, 0.3) is 11.4 Å². The van der Waals surface area contributed by atoms with Crippen LogP contribution in [0.2, 0.25) is 0 Å². The summed E-state index contributed by atoms with van der Waals surface area (Å²) in [5.41, 5.74) is 0.715. The van der Waals surface area contributed by atoms with Crippen molar-refractivity contribution >= 4 is 17.7 Å². The number of rotatable bonds is 6. The molecule has 144 valence electrons. The topological polar surface area (TPSA) is 109 Å². The number of carboxylic acid groups (broad SMARTS) is 1. The summed E-state index contributed by atoms with van der Waals surface area (Å²) in [6, 6.07) is 3.85. The van der Waals surface area contributed by atoms with Crippen LogP contribution in [-0.4, -0.2) is 38.4 Å². The molecule has 2 amide bonds. The Balaban J connectivity index is 1.70. The van der Waals surface area contributed by atoms with Gasteiger partial charge in [-0.15, -0.1) is 10.2 Å². The number of hydrogen-bond acceptors (Lipinski definition) is 4. The maximum Gasteiger partial charge on any atom is 0.319 e. The molecule has 0 fully saturated rings. The molecule has 0 saturated carbocycles. The Kier molecular flexibility index (Phi) is 6.00. The molecule has 8 nitrogen and oxygen atoms in total. The number of benzene rings is 1. The van der Waals surface area contributed by atoms with E-state index < -0.39 is 17.8 Å². The van der Waals surface area contributed by atoms with E-state index in [-0.39, 0.29) is 18.7 Å². The zero-order valence-corrected chi connectivity index (χ0v) is 14.9. The fourth-order valence-corrected chi connectivity index (χ4v) is 3.07. The number of carbonyl (C=O) groups is 2. The van der Waals surface area contributed by atoms with Crippen molar-refractivity contribution in [3.63, 3.8) is 0 Å². The fourth-order valence-electron chi connectivity index (χ4n) is 3.07. The fraction of sp³-hybridized carbons (Fsp3) is 0.444. The Morgan fingerprint density at radius 1 is 1.22 bits per heavy atom. The first-order valence-electron chi connectivity index (χ1n) is 9.03. The number of aromatic nitrogens is 3. The van der Waals surface area contributed by atoms with E-state index in [4.69, 9.17) is 5.11 Å². The molecule has 0 radical (unpaired) electrons. The highest BCUT2D eigenvalue weighted by Crippen LogP contribution is 2.26. The molecule has 0 bridgehead atoms. The van der Waals surface area contributed by atoms with Crippen molar-refractivity contribution in [3.05, 3.63) is 29.8 Å². The maximum atomic E-state index is 14.1. The van der Waals surface area contributed by atoms with Crippen LogP contribution >= 0.6 is 0 Å². The van der Waals surface area contributed by atoms with Crippen molar-refractivity contribution in [1.82, 2.24) is 20.1 Å². The molecule has 0 unspecified atom stereocenters. The summed E-state index contributed by atoms with van der Waals surface area (Å²) in [6.45, 7) is 1.01. The summed E-state index contributed by atoms with van der Waals surface area (Å²) in [7, 11) is 0. The summed E-state index contributed by atoms with van der Waals surface area (Å²) < 4.78 is 16.2. The van der Waals surface area contributed by atoms with Crippen LogP contribution in [0.15, 0.2) is 18.2 Å². The Morgan fingerprint density at radius 3 is 2.89 bits per heavy atom. The molecule has 1 aromatic heterocycles. The van der Waals surface area contributed by atoms with Crippen molar-refractivity contribution in [1.29, 1.82) is 0 Å². The number of hydrogen-bond donors (Lipinski definition) is 3. The Morgan fingerprint density at radius 2 is 2.07 bits per heavy atom. The van der Waals surface area contributed by atoms with Crippen LogP contribution in [-0.2, 0) is 17.8 Å². The lowest BCUT2D eigenvalue weighted by atomic mass is 10.1. The minimum absolute atomic E-state index is 0.0363. The zero-order chi connectivity index (χ0) is 19.2. The highest BCUT2D eigenvalue weighted by molar-refractivity contribution is 5.90. The van der Waals surface area contributed by atoms with E-state index in [0.717, 1.165) is 38.1 Å². The Labute approximate surface area is 155 Å². The van der Waals surface area contributed by atoms with Gasteiger partial charge in [-0.25, -0.2) is 9.18 Å². The third-order valence-electron chi connectivity index (χ3n) is 4.44. The molecule has 1 aliphatic rings. The van der Waals surface area contributed by atoms with E-state index in [1.54, 1.807) is 6.07 Å². The van der Waals surface area contributed by atoms with Gasteiger partial charge in [0.1, 0.15) is 11.6 Å². The number of carboxylic acids is 1. The van der Waals surface area contributed by atoms with E-state index in [2.05, 4.69) is 25.4 Å². The number of amides is 2. The molecular weight excluding hydrogens is 353 g/mol. The second-order valence-electron chi connectivity index (χ2n) is 6.47. The molecule has 3 N–H and O–H groups in total. The Hall–Kier alpha value is -2.97. The van der Waals surface area contributed by atoms with Crippen molar-refractivity contribution < 1.29 is 19.1 Å². The third-order valence-corrected chi connectivity index (χ3v) is 4.44. The summed E-state index contributed by atoms with van der Waals surface area (Å²) in [5, 5.41) is 22.0. The molecule has 2 heterocycles. The number of aliphatic carboxylic acids is 1. The minimum Gasteiger partial charge on any atom is -0.481 e. The molecular formula is C18H22FN5O3. The number of nitrogens with one attached hydrogen (secondary N) is 2. The van der Waals surface area contributed by atoms with Crippen molar-refractivity contribution in [2.24, 2.45) is 0 Å². The number of halogens is 1. The molecule has 0 aliphatic carbocycles. The van der Waals surface area contributed by atoms with Gasteiger partial charge in [-0.2, -0.15) is 0 Å². The molecule has 9 heteroatoms. The van der Waals surface area contributed by atoms with E-state index in [9.17, 15) is 14.0 Å². The number of urea groups is 1. The molecule has 1 aliphatic heterocycles. The largest absolute Gasteiger partial charge is 0.481 e. The van der Waals surface area contributed by atoms with Gasteiger partial charge in [-0.3, -0.25) is 4.79 Å². The number of aryl methyl sites for hydroxylation is 1. The average Bonchev–Trinajstić information content (AvgIpc) is 2.89. The first-order chi connectivity index (χ1) is 13.0. The predicted molar refractivity (Wildman–Crippen MR) is 96.9 cm³/mol. The van der Waals surface area contributed by atoms with E-state index in [1.165, 1.54) is 12.1 Å². The van der Waals surface area contributed by atoms with Gasteiger partial charge in [0.25, 0.3) is 0 Å². The quantitative estimate of drug-likeness (QED) is 0.673. The Bertz CT molecular complexity index is 836. The van der Waals surface area contributed by atoms with Crippen LogP contribution in [0.4, 0.5) is 14.9 Å². The monoisotopic (exact) mass is 375 g/mol. The van der Waals surface area contributed by atoms with Gasteiger partial charge in [0, 0.05) is 31.5 Å². The van der Waals surface area contributed by atoms with Gasteiger partial charge in [0.05, 0.1) is 5.69 Å². The van der Waals surface area contributed by atoms with E-state index in [0.29, 0.717) is 17.8 Å². The molecule has 2 aromatic rings. The molecule has 3 rings (SSSR count). The lowest BCUT2D eigenvalue weighted by Crippen LogP contribution is -2.30. The van der Waals surface area contributed by atoms with Crippen molar-refractivity contribution in [3.8, 4) is 11.4 Å². The standard InChI is InChI=1S/C18H22FN5O3/c19-13-8-7-12(17-23-22-15-5-2-1-3-10-24(15)17)11-14(13)21-18(27)20-9-4-6-16(25)26/h7-8,11H,1-6,9-10H2,(H,25,26)(H2,20,21,27). The normalized spacial score (nSPS) is 13.5. The second kappa shape index (κ2) is 8.61. The first kappa shape index (κ1) is 18.8. The molecule has 27 heavy (non-hydrogen) atoms. The van der Waals surface area contributed by atoms with Crippen LogP contribution in [0.5, 0.6) is 0 Å². The summed E-state index contributed by atoms with van der Waals surface area (Å²) in [4.78, 5) is 22.4. The molecule has 0 saturated heterocycles. The molecule has 1 aromatic carbocycles. The van der Waals surface area contributed by atoms with Gasteiger partial charge in [0.15, 0.2) is 5.82 Å². The van der Waals surface area contributed by atoms with Crippen LogP contribution in [0, 0.1) is 5.82 Å². The lowest BCUT2D eigenvalue weighted by Gasteiger charge is -2.11. The highest BCUT2D eigenvalue weighted by Gasteiger charge is 2.17. The maximum absolute atomic E-state index is 14.1. The number of fused-ring (bicyclic) bond motifs is 1. The van der Waals surface area contributed by atoms with Crippen molar-refractivity contribution in [2.75, 3.05) is 11.9 Å². The smallest absolute Gasteiger partial charge is 0.319 e. The summed E-state index contributed by atoms with van der Waals surface area (Å²) in [5.74, 6) is 0.104. The van der Waals surface area contributed by atoms with Gasteiger partial charge < -0.3 is 20.3 Å². The first-order valence-corrected chi connectivity index (χ1v) is 9.03. The van der Waals surface area contributed by atoms with Crippen molar-refractivity contribution in [2.45, 2.75) is 45.1 Å². The van der Waals surface area contributed by atoms with E-state index >= 15 is 0 Å². The molecule has 0 atom stereocenters. The van der Waals surface area contributed by atoms with E-state index in [1.807, 2.05) is 0 Å². The second-order valence-corrected chi connectivity index (χ2v) is 6.47. The lowest BCUT2D eigenvalue weighted by molar-refractivity contribution is -0.137. The highest BCUT2D eigenvalue weighted by atomic mass is 19.1.